The monoisotopic (exact) mass is 343 g/mol. The molecule has 0 aliphatic rings. The Bertz CT molecular complexity index is 1100. The fourth-order valence-corrected chi connectivity index (χ4v) is 3.36. The van der Waals surface area contributed by atoms with Crippen LogP contribution in [0.25, 0.3) is 21.8 Å². The second-order valence-electron chi connectivity index (χ2n) is 7.61. The molecule has 130 valence electrons. The molecule has 0 N–H and O–H groups in total. The Morgan fingerprint density at radius 3 is 2.42 bits per heavy atom. The number of ketones is 1. The van der Waals surface area contributed by atoms with Gasteiger partial charge >= 0.3 is 0 Å². The van der Waals surface area contributed by atoms with Crippen molar-refractivity contribution in [1.82, 2.24) is 15.0 Å². The molecule has 0 aliphatic carbocycles. The van der Waals surface area contributed by atoms with E-state index in [1.807, 2.05) is 69.3 Å². The lowest BCUT2D eigenvalue weighted by atomic mass is 9.82. The van der Waals surface area contributed by atoms with E-state index >= 15 is 0 Å². The Balaban J connectivity index is 2.02. The molecule has 4 rings (SSSR count). The second kappa shape index (κ2) is 6.06. The summed E-state index contributed by atoms with van der Waals surface area (Å²) in [5, 5.41) is 10.8. The lowest BCUT2D eigenvalue weighted by molar-refractivity contribution is -0.128. The number of rotatable bonds is 3. The van der Waals surface area contributed by atoms with Crippen molar-refractivity contribution in [3.8, 4) is 0 Å². The summed E-state index contributed by atoms with van der Waals surface area (Å²) in [7, 11) is 0. The van der Waals surface area contributed by atoms with Crippen molar-refractivity contribution in [2.75, 3.05) is 0 Å². The summed E-state index contributed by atoms with van der Waals surface area (Å²) in [5.41, 5.74) is 2.11. The number of hydrogen-bond donors (Lipinski definition) is 0. The van der Waals surface area contributed by atoms with Gasteiger partial charge in [-0.15, -0.1) is 5.10 Å². The van der Waals surface area contributed by atoms with Gasteiger partial charge in [0.15, 0.2) is 5.78 Å². The van der Waals surface area contributed by atoms with E-state index in [9.17, 15) is 4.79 Å². The third kappa shape index (κ3) is 2.68. The number of carbonyl (C=O) groups is 1. The maximum absolute atomic E-state index is 13.5. The van der Waals surface area contributed by atoms with Gasteiger partial charge in [0.1, 0.15) is 11.6 Å². The second-order valence-corrected chi connectivity index (χ2v) is 7.61. The van der Waals surface area contributed by atoms with Crippen molar-refractivity contribution in [1.29, 1.82) is 0 Å². The van der Waals surface area contributed by atoms with Gasteiger partial charge in [0.2, 0.25) is 0 Å². The average molecular weight is 343 g/mol. The van der Waals surface area contributed by atoms with Gasteiger partial charge in [-0.1, -0.05) is 80.6 Å². The fourth-order valence-electron chi connectivity index (χ4n) is 3.36. The van der Waals surface area contributed by atoms with E-state index in [0.29, 0.717) is 0 Å². The van der Waals surface area contributed by atoms with E-state index in [0.717, 1.165) is 27.4 Å². The molecule has 1 heterocycles. The summed E-state index contributed by atoms with van der Waals surface area (Å²) in [6.45, 7) is 5.85. The lowest BCUT2D eigenvalue weighted by Gasteiger charge is -2.26. The van der Waals surface area contributed by atoms with Crippen LogP contribution >= 0.6 is 0 Å². The molecule has 3 aromatic carbocycles. The average Bonchev–Trinajstić information content (AvgIpc) is 3.05. The molecular weight excluding hydrogens is 322 g/mol. The Morgan fingerprint density at radius 1 is 0.923 bits per heavy atom. The number of benzene rings is 3. The Kier molecular flexibility index (Phi) is 3.83. The maximum atomic E-state index is 13.5. The zero-order chi connectivity index (χ0) is 18.3. The summed E-state index contributed by atoms with van der Waals surface area (Å²) in [5.74, 6) is 0.115. The normalized spacial score (nSPS) is 13.2. The molecule has 0 saturated heterocycles. The predicted octanol–water partition coefficient (Wildman–Crippen LogP) is 4.79. The number of Topliss-reactive ketones (excluding diaryl/α,β-unsaturated/α-hetero) is 1. The van der Waals surface area contributed by atoms with Gasteiger partial charge in [-0.05, 0) is 28.5 Å². The molecule has 4 aromatic rings. The molecule has 4 nitrogen and oxygen atoms in total. The minimum Gasteiger partial charge on any atom is -0.296 e. The largest absolute Gasteiger partial charge is 0.296 e. The summed E-state index contributed by atoms with van der Waals surface area (Å²) >= 11 is 0. The van der Waals surface area contributed by atoms with Crippen LogP contribution < -0.4 is 0 Å². The highest BCUT2D eigenvalue weighted by molar-refractivity contribution is 5.96. The van der Waals surface area contributed by atoms with E-state index in [1.54, 1.807) is 4.68 Å². The fraction of sp³-hybridized carbons (Fsp3) is 0.227. The highest BCUT2D eigenvalue weighted by Crippen LogP contribution is 2.34. The van der Waals surface area contributed by atoms with Gasteiger partial charge in [0.25, 0.3) is 0 Å². The van der Waals surface area contributed by atoms with Crippen LogP contribution in [0.5, 0.6) is 0 Å². The minimum absolute atomic E-state index is 0.115. The van der Waals surface area contributed by atoms with Crippen LogP contribution in [-0.2, 0) is 4.79 Å². The summed E-state index contributed by atoms with van der Waals surface area (Å²) in [4.78, 5) is 13.5. The van der Waals surface area contributed by atoms with Crippen molar-refractivity contribution in [2.24, 2.45) is 5.41 Å². The molecule has 0 bridgehead atoms. The molecular formula is C22H21N3O. The third-order valence-electron chi connectivity index (χ3n) is 4.73. The van der Waals surface area contributed by atoms with Crippen LogP contribution in [-0.4, -0.2) is 20.8 Å². The van der Waals surface area contributed by atoms with Crippen LogP contribution in [0.1, 0.15) is 32.4 Å². The van der Waals surface area contributed by atoms with Gasteiger partial charge in [0.05, 0.1) is 5.52 Å². The number of carbonyl (C=O) groups excluding carboxylic acids is 1. The van der Waals surface area contributed by atoms with E-state index in [4.69, 9.17) is 0 Å². The maximum Gasteiger partial charge on any atom is 0.167 e. The summed E-state index contributed by atoms with van der Waals surface area (Å²) in [6.07, 6.45) is 0. The van der Waals surface area contributed by atoms with Gasteiger partial charge in [-0.2, -0.15) is 0 Å². The lowest BCUT2D eigenvalue weighted by Crippen LogP contribution is -2.32. The zero-order valence-electron chi connectivity index (χ0n) is 15.2. The highest BCUT2D eigenvalue weighted by atomic mass is 16.1. The number of para-hydroxylation sites is 1. The number of aromatic nitrogens is 3. The molecule has 0 amide bonds. The molecule has 0 spiro atoms. The summed E-state index contributed by atoms with van der Waals surface area (Å²) in [6, 6.07) is 21.5. The van der Waals surface area contributed by atoms with E-state index in [2.05, 4.69) is 28.5 Å². The van der Waals surface area contributed by atoms with Gasteiger partial charge in [0, 0.05) is 5.41 Å². The zero-order valence-corrected chi connectivity index (χ0v) is 15.2. The molecule has 26 heavy (non-hydrogen) atoms. The minimum atomic E-state index is -0.520. The van der Waals surface area contributed by atoms with Crippen molar-refractivity contribution < 1.29 is 4.79 Å². The van der Waals surface area contributed by atoms with Crippen molar-refractivity contribution in [3.63, 3.8) is 0 Å². The third-order valence-corrected chi connectivity index (χ3v) is 4.73. The van der Waals surface area contributed by atoms with Gasteiger partial charge in [-0.25, -0.2) is 4.68 Å². The van der Waals surface area contributed by atoms with E-state index < -0.39 is 11.5 Å². The summed E-state index contributed by atoms with van der Waals surface area (Å²) < 4.78 is 1.77. The van der Waals surface area contributed by atoms with Crippen LogP contribution in [0.4, 0.5) is 0 Å². The Labute approximate surface area is 152 Å². The topological polar surface area (TPSA) is 47.8 Å². The molecule has 0 radical (unpaired) electrons. The van der Waals surface area contributed by atoms with Crippen molar-refractivity contribution >= 4 is 27.6 Å². The molecule has 4 heteroatoms. The first-order valence-corrected chi connectivity index (χ1v) is 8.79. The van der Waals surface area contributed by atoms with E-state index in [1.165, 1.54) is 0 Å². The molecule has 1 unspecified atom stereocenters. The smallest absolute Gasteiger partial charge is 0.167 e. The molecule has 1 aromatic heterocycles. The van der Waals surface area contributed by atoms with Gasteiger partial charge in [-0.3, -0.25) is 4.79 Å². The number of nitrogens with zero attached hydrogens (tertiary/aromatic N) is 3. The highest BCUT2D eigenvalue weighted by Gasteiger charge is 2.34. The van der Waals surface area contributed by atoms with E-state index in [-0.39, 0.29) is 5.78 Å². The van der Waals surface area contributed by atoms with Crippen LogP contribution in [0, 0.1) is 5.41 Å². The van der Waals surface area contributed by atoms with Crippen molar-refractivity contribution in [3.05, 3.63) is 72.3 Å². The standard InChI is InChI=1S/C22H21N3O/c1-22(2,3)21(26)20(25-19-14-7-6-13-18(19)23-24-25)17-12-8-10-15-9-4-5-11-16(15)17/h4-14,20H,1-3H3. The number of fused-ring (bicyclic) bond motifs is 2. The first-order chi connectivity index (χ1) is 12.5. The Morgan fingerprint density at radius 2 is 1.62 bits per heavy atom. The quantitative estimate of drug-likeness (QED) is 0.537. The molecule has 1 atom stereocenters. The van der Waals surface area contributed by atoms with Crippen LogP contribution in [0.3, 0.4) is 0 Å². The number of hydrogen-bond acceptors (Lipinski definition) is 3. The van der Waals surface area contributed by atoms with Gasteiger partial charge < -0.3 is 0 Å². The first kappa shape index (κ1) is 16.5. The van der Waals surface area contributed by atoms with Crippen LogP contribution in [0.15, 0.2) is 66.7 Å². The van der Waals surface area contributed by atoms with Crippen LogP contribution in [0.2, 0.25) is 0 Å². The molecule has 0 fully saturated rings. The SMILES string of the molecule is CC(C)(C)C(=O)C(c1cccc2ccccc12)n1nnc2ccccc21. The predicted molar refractivity (Wildman–Crippen MR) is 104 cm³/mol. The Hall–Kier alpha value is -3.01. The first-order valence-electron chi connectivity index (χ1n) is 8.79. The molecule has 0 saturated carbocycles. The molecule has 0 aliphatic heterocycles. The van der Waals surface area contributed by atoms with Crippen molar-refractivity contribution in [2.45, 2.75) is 26.8 Å².